The smallest absolute Gasteiger partial charge is 0.193 e. The highest BCUT2D eigenvalue weighted by atomic mass is 16.5. The minimum Gasteiger partial charge on any atom is -0.494 e. The molecule has 4 nitrogen and oxygen atoms in total. The minimum atomic E-state index is 0.0188. The second-order valence-corrected chi connectivity index (χ2v) is 6.85. The van der Waals surface area contributed by atoms with Crippen molar-refractivity contribution in [2.24, 2.45) is 0 Å². The zero-order chi connectivity index (χ0) is 18.6. The summed E-state index contributed by atoms with van der Waals surface area (Å²) >= 11 is 0. The highest BCUT2D eigenvalue weighted by Gasteiger charge is 2.15. The van der Waals surface area contributed by atoms with E-state index in [0.29, 0.717) is 17.7 Å². The topological polar surface area (TPSA) is 54.1 Å². The van der Waals surface area contributed by atoms with Crippen LogP contribution in [0.15, 0.2) is 54.7 Å². The first kappa shape index (κ1) is 17.6. The van der Waals surface area contributed by atoms with Gasteiger partial charge in [-0.25, -0.2) is 0 Å². The lowest BCUT2D eigenvalue weighted by Gasteiger charge is -2.13. The monoisotopic (exact) mass is 360 g/mol. The molecule has 27 heavy (non-hydrogen) atoms. The van der Waals surface area contributed by atoms with Gasteiger partial charge in [0.15, 0.2) is 5.78 Å². The summed E-state index contributed by atoms with van der Waals surface area (Å²) in [6, 6.07) is 13.3. The summed E-state index contributed by atoms with van der Waals surface area (Å²) in [5.41, 5.74) is 4.94. The summed E-state index contributed by atoms with van der Waals surface area (Å²) in [7, 11) is 0. The fourth-order valence-electron chi connectivity index (χ4n) is 3.51. The van der Waals surface area contributed by atoms with Gasteiger partial charge in [0.25, 0.3) is 0 Å². The van der Waals surface area contributed by atoms with E-state index >= 15 is 0 Å². The Morgan fingerprint density at radius 1 is 1.15 bits per heavy atom. The van der Waals surface area contributed by atoms with Crippen molar-refractivity contribution < 1.29 is 9.53 Å². The Hall–Kier alpha value is -2.85. The first-order chi connectivity index (χ1) is 13.3. The highest BCUT2D eigenvalue weighted by molar-refractivity contribution is 6.11. The van der Waals surface area contributed by atoms with Crippen molar-refractivity contribution in [1.29, 1.82) is 0 Å². The van der Waals surface area contributed by atoms with Crippen molar-refractivity contribution in [1.82, 2.24) is 10.3 Å². The number of nitrogens with one attached hydrogen (secondary N) is 2. The second kappa shape index (κ2) is 7.80. The molecule has 0 amide bonds. The maximum atomic E-state index is 13.0. The Kier molecular flexibility index (Phi) is 5.07. The number of carbonyl (C=O) groups is 1. The quantitative estimate of drug-likeness (QED) is 0.634. The summed E-state index contributed by atoms with van der Waals surface area (Å²) < 4.78 is 5.67. The normalized spacial score (nSPS) is 14.2. The maximum absolute atomic E-state index is 13.0. The number of aromatic nitrogens is 1. The lowest BCUT2D eigenvalue weighted by atomic mass is 9.96. The predicted molar refractivity (Wildman–Crippen MR) is 109 cm³/mol. The van der Waals surface area contributed by atoms with Gasteiger partial charge in [0, 0.05) is 40.3 Å². The van der Waals surface area contributed by atoms with E-state index in [1.165, 1.54) is 11.1 Å². The van der Waals surface area contributed by atoms with Gasteiger partial charge < -0.3 is 15.0 Å². The molecule has 2 heterocycles. The van der Waals surface area contributed by atoms with Crippen molar-refractivity contribution in [3.63, 3.8) is 0 Å². The molecule has 0 fully saturated rings. The van der Waals surface area contributed by atoms with E-state index in [0.717, 1.165) is 42.6 Å². The molecule has 0 unspecified atom stereocenters. The van der Waals surface area contributed by atoms with Gasteiger partial charge >= 0.3 is 0 Å². The third-order valence-corrected chi connectivity index (χ3v) is 4.92. The number of fused-ring (bicyclic) bond motifs is 1. The molecule has 4 heteroatoms. The molecule has 0 aliphatic carbocycles. The number of hydrogen-bond acceptors (Lipinski definition) is 3. The second-order valence-electron chi connectivity index (χ2n) is 6.85. The van der Waals surface area contributed by atoms with Crippen molar-refractivity contribution in [3.05, 3.63) is 71.4 Å². The predicted octanol–water partition coefficient (Wildman–Crippen LogP) is 4.56. The largest absolute Gasteiger partial charge is 0.494 e. The fourth-order valence-corrected chi connectivity index (χ4v) is 3.51. The lowest BCUT2D eigenvalue weighted by molar-refractivity contribution is 0.103. The first-order valence-electron chi connectivity index (χ1n) is 9.55. The van der Waals surface area contributed by atoms with Gasteiger partial charge in [-0.1, -0.05) is 25.1 Å². The molecule has 138 valence electrons. The SMILES string of the molecule is CCCOc1cccc(C(=O)c2ccc3[nH]cc(C4=CCNCC4)c3c2)c1. The number of aromatic amines is 1. The third kappa shape index (κ3) is 3.67. The summed E-state index contributed by atoms with van der Waals surface area (Å²) in [4.78, 5) is 16.4. The number of ketones is 1. The highest BCUT2D eigenvalue weighted by Crippen LogP contribution is 2.29. The van der Waals surface area contributed by atoms with Gasteiger partial charge in [0.1, 0.15) is 5.75 Å². The van der Waals surface area contributed by atoms with Crippen LogP contribution >= 0.6 is 0 Å². The van der Waals surface area contributed by atoms with Crippen molar-refractivity contribution in [2.45, 2.75) is 19.8 Å². The number of rotatable bonds is 6. The molecule has 0 saturated carbocycles. The van der Waals surface area contributed by atoms with Gasteiger partial charge in [-0.3, -0.25) is 4.79 Å². The maximum Gasteiger partial charge on any atom is 0.193 e. The molecule has 1 aliphatic rings. The number of carbonyl (C=O) groups excluding carboxylic acids is 1. The van der Waals surface area contributed by atoms with Crippen LogP contribution in [-0.4, -0.2) is 30.5 Å². The molecule has 4 rings (SSSR count). The van der Waals surface area contributed by atoms with Gasteiger partial charge in [0.05, 0.1) is 6.61 Å². The molecular weight excluding hydrogens is 336 g/mol. The Balaban J connectivity index is 1.67. The average Bonchev–Trinajstić information content (AvgIpc) is 3.16. The van der Waals surface area contributed by atoms with Gasteiger partial charge in [-0.05, 0) is 55.3 Å². The van der Waals surface area contributed by atoms with Gasteiger partial charge in [-0.15, -0.1) is 0 Å². The van der Waals surface area contributed by atoms with Crippen LogP contribution in [0.1, 0.15) is 41.3 Å². The van der Waals surface area contributed by atoms with E-state index in [9.17, 15) is 4.79 Å². The minimum absolute atomic E-state index is 0.0188. The standard InChI is InChI=1S/C23H24N2O2/c1-2-12-27-19-5-3-4-17(13-19)23(26)18-6-7-22-20(14-18)21(15-25-22)16-8-10-24-11-9-16/h3-8,13-15,24-25H,2,9-12H2,1H3. The molecular formula is C23H24N2O2. The molecule has 3 aromatic rings. The fraction of sp³-hybridized carbons (Fsp3) is 0.261. The van der Waals surface area contributed by atoms with Crippen molar-refractivity contribution in [3.8, 4) is 5.75 Å². The molecule has 2 aromatic carbocycles. The van der Waals surface area contributed by atoms with Crippen LogP contribution < -0.4 is 10.1 Å². The average molecular weight is 360 g/mol. The molecule has 0 atom stereocenters. The van der Waals surface area contributed by atoms with Crippen molar-refractivity contribution >= 4 is 22.3 Å². The summed E-state index contributed by atoms with van der Waals surface area (Å²) in [6.07, 6.45) is 6.23. The molecule has 0 spiro atoms. The number of benzene rings is 2. The van der Waals surface area contributed by atoms with Crippen LogP contribution in [-0.2, 0) is 0 Å². The molecule has 0 radical (unpaired) electrons. The zero-order valence-electron chi connectivity index (χ0n) is 15.5. The van der Waals surface area contributed by atoms with Crippen LogP contribution in [0.2, 0.25) is 0 Å². The van der Waals surface area contributed by atoms with E-state index < -0.39 is 0 Å². The first-order valence-corrected chi connectivity index (χ1v) is 9.55. The summed E-state index contributed by atoms with van der Waals surface area (Å²) in [5.74, 6) is 0.760. The van der Waals surface area contributed by atoms with Crippen LogP contribution in [0, 0.1) is 0 Å². The third-order valence-electron chi connectivity index (χ3n) is 4.92. The Morgan fingerprint density at radius 3 is 2.85 bits per heavy atom. The number of H-pyrrole nitrogens is 1. The summed E-state index contributed by atoms with van der Waals surface area (Å²) in [6.45, 7) is 4.60. The van der Waals surface area contributed by atoms with Gasteiger partial charge in [-0.2, -0.15) is 0 Å². The lowest BCUT2D eigenvalue weighted by Crippen LogP contribution is -2.19. The Labute approximate surface area is 159 Å². The van der Waals surface area contributed by atoms with Gasteiger partial charge in [0.2, 0.25) is 0 Å². The van der Waals surface area contributed by atoms with E-state index in [1.807, 2.05) is 42.5 Å². The molecule has 1 aliphatic heterocycles. The molecule has 0 bridgehead atoms. The molecule has 0 saturated heterocycles. The van der Waals surface area contributed by atoms with Crippen LogP contribution in [0.3, 0.4) is 0 Å². The number of hydrogen-bond donors (Lipinski definition) is 2. The van der Waals surface area contributed by atoms with Crippen molar-refractivity contribution in [2.75, 3.05) is 19.7 Å². The molecule has 2 N–H and O–H groups in total. The van der Waals surface area contributed by atoms with Crippen LogP contribution in [0.5, 0.6) is 5.75 Å². The van der Waals surface area contributed by atoms with E-state index in [4.69, 9.17) is 4.74 Å². The Bertz CT molecular complexity index is 1000. The van der Waals surface area contributed by atoms with Crippen LogP contribution in [0.25, 0.3) is 16.5 Å². The van der Waals surface area contributed by atoms with E-state index in [2.05, 4.69) is 29.5 Å². The Morgan fingerprint density at radius 2 is 2.04 bits per heavy atom. The number of ether oxygens (including phenoxy) is 1. The van der Waals surface area contributed by atoms with E-state index in [1.54, 1.807) is 0 Å². The zero-order valence-corrected chi connectivity index (χ0v) is 15.5. The van der Waals surface area contributed by atoms with E-state index in [-0.39, 0.29) is 5.78 Å². The van der Waals surface area contributed by atoms with Crippen LogP contribution in [0.4, 0.5) is 0 Å². The molecule has 1 aromatic heterocycles. The summed E-state index contributed by atoms with van der Waals surface area (Å²) in [5, 5.41) is 4.45.